The highest BCUT2D eigenvalue weighted by molar-refractivity contribution is 7.53. The van der Waals surface area contributed by atoms with Gasteiger partial charge in [-0.25, -0.2) is 37.8 Å². The summed E-state index contributed by atoms with van der Waals surface area (Å²) in [6, 6.07) is -1.60. The normalized spacial score (nSPS) is 28.6. The van der Waals surface area contributed by atoms with Crippen LogP contribution in [0.1, 0.15) is 150 Å². The molecular formula is C74H140N6O45P6. The first-order valence-electron chi connectivity index (χ1n) is 43.6. The van der Waals surface area contributed by atoms with E-state index in [0.29, 0.717) is 88.2 Å². The molecule has 0 spiro atoms. The van der Waals surface area contributed by atoms with Crippen LogP contribution in [0.2, 0.25) is 0 Å². The van der Waals surface area contributed by atoms with Gasteiger partial charge in [-0.2, -0.15) is 0 Å². The standard InChI is InChI=1S/C74H140N6O45P6/c1-50(2)126(92,93)118-41-55-33-56(80-47-78-62-69(75)76-46-77-70(62)80)34-57(55)125-131(102,103)121-49-108-40-54(35-81)39-107-48-120-130(100,101)119-45-74(42-104-21-18-30-115-127(94,95)112-27-15-9-6-12-24-109-71-51(3)63(86)65(88)58(36-82)122-71,43-105-22-19-31-116-128(96,97)113-28-16-10-7-13-25-110-72-52(4)64(87)66(89)59(37-83)123-72)44-106-23-20-32-117-129(98,99)114-29-17-11-8-14-26-111-73-61(79-53(5)85)68(91)67(90)60(38-84)124-73/h46-47,50-52,54-61,63-68,71-73,81-84,86-91H,6-45,48-49H2,1-5H3,(H,79,85)(H,92,93)(H,94,95)(H,96,97)(H,98,99)(H,100,101)(H,102,103)(H2,75,76,77)/t51?,52?,54?,55-,56-,57+,58?,59?,60?,61?,63-,64-,65+,66+,67+,68-,71-,72-,73-,74?/m1/s1. The SMILES string of the molecule is CC(=O)NC1[C@H](OCCCCCCOP(=O)(O)OCCCOCC(COCCCOP(=O)(O)OCCCCCCO[C@@H]2OC(CO)[C@H](O)[C@H](O)C2C)(COCCCOP(=O)(O)OCCCCCCO[C@@H]2OC(CO)[C@H](O)[C@H](O)C2C)COP(=O)(O)OCOCC(CO)COCOP(=O)(O)O[C@H]2C[C@H](n3cnc4c(N)ncnc43)C[C@@H]2COP(=O)(O)C(C)C)OC(CO)[C@H](O)[C@@H]1O. The second-order valence-corrected chi connectivity index (χ2v) is 42.2. The van der Waals surface area contributed by atoms with Crippen molar-refractivity contribution >= 4 is 69.6 Å². The molecule has 25 atom stereocenters. The number of nitrogen functional groups attached to an aromatic ring is 1. The number of aliphatic hydroxyl groups is 10. The van der Waals surface area contributed by atoms with Crippen LogP contribution < -0.4 is 11.1 Å². The van der Waals surface area contributed by atoms with E-state index in [1.807, 2.05) is 0 Å². The lowest BCUT2D eigenvalue weighted by Gasteiger charge is -2.42. The number of amides is 1. The molecule has 4 aliphatic rings. The highest BCUT2D eigenvalue weighted by Gasteiger charge is 2.48. The zero-order chi connectivity index (χ0) is 96.4. The number of anilines is 1. The van der Waals surface area contributed by atoms with Gasteiger partial charge in [0, 0.05) is 76.3 Å². The van der Waals surface area contributed by atoms with E-state index in [1.165, 1.54) is 33.4 Å². The van der Waals surface area contributed by atoms with E-state index >= 15 is 0 Å². The van der Waals surface area contributed by atoms with Gasteiger partial charge in [0.15, 0.2) is 43.9 Å². The predicted octanol–water partition coefficient (Wildman–Crippen LogP) is 2.59. The molecule has 3 aliphatic heterocycles. The number of phosphoric ester groups is 5. The van der Waals surface area contributed by atoms with Gasteiger partial charge in [0.2, 0.25) is 5.91 Å². The first kappa shape index (κ1) is 117. The number of nitrogens with one attached hydrogen (secondary N) is 1. The van der Waals surface area contributed by atoms with Crippen LogP contribution in [0.4, 0.5) is 5.82 Å². The minimum atomic E-state index is -5.19. The molecule has 2 aromatic rings. The van der Waals surface area contributed by atoms with Crippen LogP contribution in [-0.2, 0) is 134 Å². The number of ether oxygens (including phenoxy) is 11. The number of carbonyl (C=O) groups is 1. The molecule has 6 rings (SSSR count). The summed E-state index contributed by atoms with van der Waals surface area (Å²) in [5.41, 5.74) is 4.27. The number of unbranched alkanes of at least 4 members (excludes halogenated alkanes) is 9. The molecule has 4 fully saturated rings. The van der Waals surface area contributed by atoms with E-state index in [4.69, 9.17) is 108 Å². The number of aliphatic hydroxyl groups excluding tert-OH is 10. The number of imidazole rings is 1. The third-order valence-corrected chi connectivity index (χ3v) is 28.3. The molecule has 1 amide bonds. The summed E-state index contributed by atoms with van der Waals surface area (Å²) in [6.07, 6.45) is -6.48. The molecule has 5 heterocycles. The lowest BCUT2D eigenvalue weighted by atomic mass is 9.92. The number of rotatable bonds is 73. The number of aromatic nitrogens is 4. The Morgan fingerprint density at radius 1 is 0.481 bits per heavy atom. The van der Waals surface area contributed by atoms with Crippen molar-refractivity contribution in [2.45, 2.75) is 241 Å². The fourth-order valence-electron chi connectivity index (χ4n) is 13.8. The summed E-state index contributed by atoms with van der Waals surface area (Å²) in [6.45, 7) is -1.83. The third-order valence-electron chi connectivity index (χ3n) is 21.5. The molecule has 0 aromatic carbocycles. The molecule has 1 aliphatic carbocycles. The van der Waals surface area contributed by atoms with Gasteiger partial charge >= 0.3 is 46.7 Å². The zero-order valence-corrected chi connectivity index (χ0v) is 79.8. The summed E-state index contributed by atoms with van der Waals surface area (Å²) in [4.78, 5) is 88.4. The van der Waals surface area contributed by atoms with Crippen molar-refractivity contribution in [3.8, 4) is 0 Å². The van der Waals surface area contributed by atoms with Crippen LogP contribution in [-0.4, -0.2) is 363 Å². The maximum atomic E-state index is 13.8. The summed E-state index contributed by atoms with van der Waals surface area (Å²) >= 11 is 0. The Hall–Kier alpha value is -2.32. The minimum Gasteiger partial charge on any atom is -0.396 e. The van der Waals surface area contributed by atoms with Crippen LogP contribution in [0, 0.1) is 29.1 Å². The second-order valence-electron chi connectivity index (χ2n) is 32.6. The number of phosphoric acid groups is 5. The molecule has 1 saturated carbocycles. The van der Waals surface area contributed by atoms with Crippen molar-refractivity contribution in [3.05, 3.63) is 12.7 Å². The lowest BCUT2D eigenvalue weighted by molar-refractivity contribution is -0.282. The predicted molar refractivity (Wildman–Crippen MR) is 454 cm³/mol. The van der Waals surface area contributed by atoms with E-state index in [2.05, 4.69) is 20.3 Å². The monoisotopic (exact) mass is 2020 g/mol. The largest absolute Gasteiger partial charge is 0.474 e. The molecule has 0 bridgehead atoms. The van der Waals surface area contributed by atoms with Gasteiger partial charge in [0.1, 0.15) is 60.6 Å². The lowest BCUT2D eigenvalue weighted by Crippen LogP contribution is -2.64. The van der Waals surface area contributed by atoms with E-state index in [9.17, 15) is 113 Å². The van der Waals surface area contributed by atoms with Crippen molar-refractivity contribution in [1.82, 2.24) is 24.8 Å². The molecule has 2 aromatic heterocycles. The molecule has 131 heavy (non-hydrogen) atoms. The van der Waals surface area contributed by atoms with E-state index in [-0.39, 0.29) is 117 Å². The molecule has 57 heteroatoms. The number of nitrogens with zero attached hydrogens (tertiary/aromatic N) is 4. The van der Waals surface area contributed by atoms with Crippen molar-refractivity contribution in [2.75, 3.05) is 171 Å². The number of carbonyl (C=O) groups excluding carboxylic acids is 1. The topological polar surface area (TPSA) is 728 Å². The maximum Gasteiger partial charge on any atom is 0.474 e. The van der Waals surface area contributed by atoms with E-state index in [0.717, 1.165) is 0 Å². The zero-order valence-electron chi connectivity index (χ0n) is 74.4. The summed E-state index contributed by atoms with van der Waals surface area (Å²) in [7, 11) is -28.1. The molecular weight excluding hydrogens is 1880 g/mol. The summed E-state index contributed by atoms with van der Waals surface area (Å²) < 4.78 is 201. The van der Waals surface area contributed by atoms with Crippen molar-refractivity contribution in [3.63, 3.8) is 0 Å². The van der Waals surface area contributed by atoms with Crippen LogP contribution in [0.5, 0.6) is 0 Å². The molecule has 19 N–H and O–H groups in total. The molecule has 0 radical (unpaired) electrons. The van der Waals surface area contributed by atoms with Crippen LogP contribution in [0.15, 0.2) is 12.7 Å². The van der Waals surface area contributed by atoms with Gasteiger partial charge < -0.3 is 153 Å². The van der Waals surface area contributed by atoms with Gasteiger partial charge in [-0.1, -0.05) is 66.2 Å². The highest BCUT2D eigenvalue weighted by Crippen LogP contribution is 2.54. The van der Waals surface area contributed by atoms with Crippen LogP contribution in [0.25, 0.3) is 11.2 Å². The molecule has 3 saturated heterocycles. The Morgan fingerprint density at radius 3 is 1.30 bits per heavy atom. The number of hydrogen-bond acceptors (Lipinski definition) is 43. The summed E-state index contributed by atoms with van der Waals surface area (Å²) in [5, 5.41) is 103. The smallest absolute Gasteiger partial charge is 0.396 e. The Balaban J connectivity index is 1.03. The fraction of sp³-hybridized carbons (Fsp3) is 0.919. The first-order chi connectivity index (χ1) is 62.1. The van der Waals surface area contributed by atoms with Crippen LogP contribution >= 0.6 is 46.7 Å². The Morgan fingerprint density at radius 2 is 0.878 bits per heavy atom. The van der Waals surface area contributed by atoms with Crippen molar-refractivity contribution in [1.29, 1.82) is 0 Å². The number of fused-ring (bicyclic) bond motifs is 1. The van der Waals surface area contributed by atoms with Crippen LogP contribution in [0.3, 0.4) is 0 Å². The average Bonchev–Trinajstić information content (AvgIpc) is 1.63. The Bertz CT molecular complexity index is 3740. The van der Waals surface area contributed by atoms with Gasteiger partial charge in [0.05, 0.1) is 148 Å². The van der Waals surface area contributed by atoms with Gasteiger partial charge in [-0.05, 0) is 70.6 Å². The molecule has 766 valence electrons. The third kappa shape index (κ3) is 42.6. The number of hydrogen-bond donors (Lipinski definition) is 18. The van der Waals surface area contributed by atoms with E-state index in [1.54, 1.807) is 18.4 Å². The Kier molecular flexibility index (Phi) is 53.8. The average molecular weight is 2020 g/mol. The van der Waals surface area contributed by atoms with E-state index < -0.39 is 266 Å². The fourth-order valence-corrected chi connectivity index (χ4v) is 18.5. The highest BCUT2D eigenvalue weighted by atomic mass is 31.2. The molecule has 13 unspecified atom stereocenters. The van der Waals surface area contributed by atoms with Gasteiger partial charge in [-0.3, -0.25) is 54.6 Å². The quantitative estimate of drug-likeness (QED) is 0.0257. The summed E-state index contributed by atoms with van der Waals surface area (Å²) in [5.74, 6) is -3.21. The number of nitrogens with two attached hydrogens (primary N) is 1. The van der Waals surface area contributed by atoms with Crippen molar-refractivity contribution in [2.24, 2.45) is 29.1 Å². The second kappa shape index (κ2) is 60.1. The molecule has 51 nitrogen and oxygen atoms in total. The first-order valence-corrected chi connectivity index (χ1v) is 52.8. The van der Waals surface area contributed by atoms with Crippen molar-refractivity contribution < 1.29 is 214 Å². The van der Waals surface area contributed by atoms with Gasteiger partial charge in [-0.15, -0.1) is 0 Å². The minimum absolute atomic E-state index is 0.0542. The Labute approximate surface area is 760 Å². The maximum absolute atomic E-state index is 13.8. The van der Waals surface area contributed by atoms with Gasteiger partial charge in [0.25, 0.3) is 0 Å².